The van der Waals surface area contributed by atoms with E-state index in [2.05, 4.69) is 30.5 Å². The summed E-state index contributed by atoms with van der Waals surface area (Å²) >= 11 is 0. The van der Waals surface area contributed by atoms with Gasteiger partial charge in [-0.2, -0.15) is 5.10 Å². The van der Waals surface area contributed by atoms with E-state index in [9.17, 15) is 5.11 Å². The first-order chi connectivity index (χ1) is 13.4. The predicted octanol–water partition coefficient (Wildman–Crippen LogP) is 4.52. The summed E-state index contributed by atoms with van der Waals surface area (Å²) in [4.78, 5) is 6.48. The highest BCUT2D eigenvalue weighted by Crippen LogP contribution is 2.35. The Hall–Kier alpha value is -3.28. The fourth-order valence-electron chi connectivity index (χ4n) is 3.04. The van der Waals surface area contributed by atoms with Crippen LogP contribution in [0.4, 0.5) is 5.69 Å². The number of benzene rings is 1. The van der Waals surface area contributed by atoms with Crippen LogP contribution in [-0.4, -0.2) is 34.0 Å². The van der Waals surface area contributed by atoms with E-state index in [1.54, 1.807) is 24.5 Å². The third kappa shape index (κ3) is 3.86. The van der Waals surface area contributed by atoms with Crippen molar-refractivity contribution in [1.29, 1.82) is 0 Å². The zero-order valence-corrected chi connectivity index (χ0v) is 16.8. The Morgan fingerprint density at radius 1 is 1.25 bits per heavy atom. The topological polar surface area (TPSA) is 63.4 Å². The van der Waals surface area contributed by atoms with Gasteiger partial charge in [-0.3, -0.25) is 9.67 Å². The molecule has 0 atom stereocenters. The van der Waals surface area contributed by atoms with Crippen LogP contribution in [0.1, 0.15) is 31.0 Å². The van der Waals surface area contributed by atoms with E-state index in [0.29, 0.717) is 17.9 Å². The molecule has 1 aromatic carbocycles. The lowest BCUT2D eigenvalue weighted by atomic mass is 10.1. The van der Waals surface area contributed by atoms with Gasteiger partial charge in [0.1, 0.15) is 18.1 Å². The molecule has 6 nitrogen and oxygen atoms in total. The predicted molar refractivity (Wildman–Crippen MR) is 113 cm³/mol. The Labute approximate surface area is 165 Å². The third-order valence-corrected chi connectivity index (χ3v) is 4.50. The molecular formula is C22H26N4O2. The first kappa shape index (κ1) is 19.5. The average molecular weight is 378 g/mol. The molecule has 0 fully saturated rings. The van der Waals surface area contributed by atoms with Crippen molar-refractivity contribution in [3.63, 3.8) is 0 Å². The average Bonchev–Trinajstić information content (AvgIpc) is 3.16. The first-order valence-corrected chi connectivity index (χ1v) is 9.19. The van der Waals surface area contributed by atoms with Crippen LogP contribution in [0.5, 0.6) is 11.5 Å². The molecule has 146 valence electrons. The molecule has 0 spiro atoms. The number of hydrogen-bond donors (Lipinski definition) is 1. The third-order valence-electron chi connectivity index (χ3n) is 4.50. The summed E-state index contributed by atoms with van der Waals surface area (Å²) in [6.07, 6.45) is 5.15. The van der Waals surface area contributed by atoms with Crippen molar-refractivity contribution in [2.75, 3.05) is 19.0 Å². The smallest absolute Gasteiger partial charge is 0.132 e. The van der Waals surface area contributed by atoms with Crippen molar-refractivity contribution in [3.05, 3.63) is 60.4 Å². The summed E-state index contributed by atoms with van der Waals surface area (Å²) in [5, 5.41) is 14.7. The van der Waals surface area contributed by atoms with E-state index in [4.69, 9.17) is 4.74 Å². The summed E-state index contributed by atoms with van der Waals surface area (Å²) < 4.78 is 8.04. The van der Waals surface area contributed by atoms with Crippen molar-refractivity contribution in [1.82, 2.24) is 14.8 Å². The zero-order chi connectivity index (χ0) is 20.3. The lowest BCUT2D eigenvalue weighted by Gasteiger charge is -2.18. The van der Waals surface area contributed by atoms with E-state index in [1.807, 2.05) is 47.9 Å². The number of aromatic hydroxyl groups is 1. The molecule has 0 aliphatic heterocycles. The Balaban J connectivity index is 1.95. The van der Waals surface area contributed by atoms with Gasteiger partial charge >= 0.3 is 0 Å². The van der Waals surface area contributed by atoms with Crippen LogP contribution in [-0.2, 0) is 6.61 Å². The second-order valence-corrected chi connectivity index (χ2v) is 7.03. The minimum Gasteiger partial charge on any atom is -0.507 e. The molecule has 3 rings (SSSR count). The van der Waals surface area contributed by atoms with E-state index in [-0.39, 0.29) is 11.8 Å². The molecule has 28 heavy (non-hydrogen) atoms. The first-order valence-electron chi connectivity index (χ1n) is 9.19. The van der Waals surface area contributed by atoms with E-state index in [1.165, 1.54) is 0 Å². The lowest BCUT2D eigenvalue weighted by Crippen LogP contribution is -2.10. The van der Waals surface area contributed by atoms with Gasteiger partial charge in [-0.05, 0) is 26.0 Å². The van der Waals surface area contributed by atoms with Gasteiger partial charge in [-0.1, -0.05) is 18.7 Å². The van der Waals surface area contributed by atoms with Crippen LogP contribution in [0, 0.1) is 0 Å². The molecule has 0 aliphatic carbocycles. The van der Waals surface area contributed by atoms with Crippen LogP contribution in [0.2, 0.25) is 0 Å². The van der Waals surface area contributed by atoms with Crippen LogP contribution >= 0.6 is 0 Å². The van der Waals surface area contributed by atoms with Gasteiger partial charge in [0.05, 0.1) is 17.0 Å². The summed E-state index contributed by atoms with van der Waals surface area (Å²) in [5.41, 5.74) is 4.14. The fourth-order valence-corrected chi connectivity index (χ4v) is 3.04. The SMILES string of the molecule is C=Cc1c(O)cc(N(C)C)cc1OCc1cccnc1-c1ccnn1C(C)C. The van der Waals surface area contributed by atoms with Crippen LogP contribution in [0.15, 0.2) is 49.3 Å². The molecular weight excluding hydrogens is 352 g/mol. The van der Waals surface area contributed by atoms with Crippen LogP contribution in [0.3, 0.4) is 0 Å². The van der Waals surface area contributed by atoms with Gasteiger partial charge in [-0.15, -0.1) is 0 Å². The quantitative estimate of drug-likeness (QED) is 0.655. The molecule has 0 amide bonds. The molecule has 0 aliphatic rings. The van der Waals surface area contributed by atoms with Gasteiger partial charge in [0.2, 0.25) is 0 Å². The molecule has 2 heterocycles. The minimum absolute atomic E-state index is 0.139. The maximum atomic E-state index is 10.3. The molecule has 0 saturated heterocycles. The molecule has 0 saturated carbocycles. The Morgan fingerprint density at radius 3 is 2.71 bits per heavy atom. The number of nitrogens with zero attached hydrogens (tertiary/aromatic N) is 4. The molecule has 3 aromatic rings. The fraction of sp³-hybridized carbons (Fsp3) is 0.273. The van der Waals surface area contributed by atoms with Gasteiger partial charge < -0.3 is 14.7 Å². The summed E-state index contributed by atoms with van der Waals surface area (Å²) in [7, 11) is 3.83. The second-order valence-electron chi connectivity index (χ2n) is 7.03. The maximum absolute atomic E-state index is 10.3. The van der Waals surface area contributed by atoms with E-state index < -0.39 is 0 Å². The van der Waals surface area contributed by atoms with Gasteiger partial charge in [0, 0.05) is 55.9 Å². The van der Waals surface area contributed by atoms with Crippen molar-refractivity contribution >= 4 is 11.8 Å². The van der Waals surface area contributed by atoms with Crippen molar-refractivity contribution in [2.45, 2.75) is 26.5 Å². The Morgan fingerprint density at radius 2 is 2.04 bits per heavy atom. The monoisotopic (exact) mass is 378 g/mol. The molecule has 1 N–H and O–H groups in total. The van der Waals surface area contributed by atoms with E-state index in [0.717, 1.165) is 22.6 Å². The number of rotatable bonds is 7. The zero-order valence-electron chi connectivity index (χ0n) is 16.8. The highest BCUT2D eigenvalue weighted by molar-refractivity contribution is 5.69. The molecule has 0 unspecified atom stereocenters. The number of phenols is 1. The number of phenolic OH excluding ortho intramolecular Hbond substituents is 1. The van der Waals surface area contributed by atoms with E-state index >= 15 is 0 Å². The van der Waals surface area contributed by atoms with Gasteiger partial charge in [0.15, 0.2) is 0 Å². The standard InChI is InChI=1S/C22H26N4O2/c1-6-18-20(27)12-17(25(4)5)13-21(18)28-14-16-8-7-10-23-22(16)19-9-11-24-26(19)15(2)3/h6-13,15,27H,1,14H2,2-5H3. The summed E-state index contributed by atoms with van der Waals surface area (Å²) in [6, 6.07) is 9.65. The maximum Gasteiger partial charge on any atom is 0.132 e. The van der Waals surface area contributed by atoms with Crippen molar-refractivity contribution in [3.8, 4) is 22.9 Å². The lowest BCUT2D eigenvalue weighted by molar-refractivity contribution is 0.303. The molecule has 0 bridgehead atoms. The Kier molecular flexibility index (Phi) is 5.68. The number of anilines is 1. The number of hydrogen-bond acceptors (Lipinski definition) is 5. The summed E-state index contributed by atoms with van der Waals surface area (Å²) in [5.74, 6) is 0.714. The van der Waals surface area contributed by atoms with Crippen LogP contribution in [0.25, 0.3) is 17.5 Å². The normalized spacial score (nSPS) is 10.9. The van der Waals surface area contributed by atoms with Crippen molar-refractivity contribution in [2.24, 2.45) is 0 Å². The largest absolute Gasteiger partial charge is 0.507 e. The highest BCUT2D eigenvalue weighted by atomic mass is 16.5. The Bertz CT molecular complexity index is 976. The van der Waals surface area contributed by atoms with Gasteiger partial charge in [-0.25, -0.2) is 0 Å². The molecule has 0 radical (unpaired) electrons. The number of pyridine rings is 1. The number of aromatic nitrogens is 3. The number of ether oxygens (including phenoxy) is 1. The van der Waals surface area contributed by atoms with Gasteiger partial charge in [0.25, 0.3) is 0 Å². The van der Waals surface area contributed by atoms with Crippen molar-refractivity contribution < 1.29 is 9.84 Å². The highest BCUT2D eigenvalue weighted by Gasteiger charge is 2.15. The second kappa shape index (κ2) is 8.17. The van der Waals surface area contributed by atoms with Crippen LogP contribution < -0.4 is 9.64 Å². The molecule has 2 aromatic heterocycles. The minimum atomic E-state index is 0.139. The molecule has 6 heteroatoms. The summed E-state index contributed by atoms with van der Waals surface area (Å²) in [6.45, 7) is 8.27.